The van der Waals surface area contributed by atoms with Crippen LogP contribution >= 0.6 is 0 Å². The number of hydrogen-bond donors (Lipinski definition) is 0. The number of hydrogen-bond acceptors (Lipinski definition) is 0. The predicted octanol–water partition coefficient (Wildman–Crippen LogP) is 5.06. The van der Waals surface area contributed by atoms with Gasteiger partial charge in [0.1, 0.15) is 0 Å². The Morgan fingerprint density at radius 2 is 1.80 bits per heavy atom. The maximum Gasteiger partial charge on any atom is -0.0228 e. The van der Waals surface area contributed by atoms with E-state index in [1.165, 1.54) is 36.8 Å². The van der Waals surface area contributed by atoms with Gasteiger partial charge in [-0.15, -0.1) is 0 Å². The molecular weight excluding hydrogens is 180 g/mol. The van der Waals surface area contributed by atoms with Gasteiger partial charge in [0, 0.05) is 0 Å². The van der Waals surface area contributed by atoms with Crippen LogP contribution in [-0.2, 0) is 0 Å². The summed E-state index contributed by atoms with van der Waals surface area (Å²) in [7, 11) is 0. The smallest absolute Gasteiger partial charge is 0.0228 e. The van der Waals surface area contributed by atoms with Crippen LogP contribution in [0.25, 0.3) is 5.57 Å². The molecule has 0 unspecified atom stereocenters. The summed E-state index contributed by atoms with van der Waals surface area (Å²) < 4.78 is 0. The first-order chi connectivity index (χ1) is 7.38. The van der Waals surface area contributed by atoms with Gasteiger partial charge in [0.05, 0.1) is 0 Å². The predicted molar refractivity (Wildman–Crippen MR) is 68.9 cm³/mol. The second-order valence-corrected chi connectivity index (χ2v) is 3.96. The van der Waals surface area contributed by atoms with E-state index in [9.17, 15) is 0 Å². The van der Waals surface area contributed by atoms with Gasteiger partial charge in [-0.25, -0.2) is 0 Å². The average molecular weight is 202 g/mol. The highest BCUT2D eigenvalue weighted by Crippen LogP contribution is 2.21. The molecule has 0 fully saturated rings. The van der Waals surface area contributed by atoms with E-state index in [0.717, 1.165) is 6.42 Å². The maximum atomic E-state index is 2.37. The summed E-state index contributed by atoms with van der Waals surface area (Å²) in [5.41, 5.74) is 2.92. The molecule has 0 atom stereocenters. The van der Waals surface area contributed by atoms with Crippen LogP contribution < -0.4 is 0 Å². The number of benzene rings is 1. The molecule has 0 radical (unpaired) electrons. The zero-order valence-corrected chi connectivity index (χ0v) is 10.00. The van der Waals surface area contributed by atoms with E-state index < -0.39 is 0 Å². The lowest BCUT2D eigenvalue weighted by molar-refractivity contribution is 0.734. The molecule has 0 nitrogen and oxygen atoms in total. The summed E-state index contributed by atoms with van der Waals surface area (Å²) in [6.45, 7) is 4.47. The van der Waals surface area contributed by atoms with Crippen LogP contribution in [0.5, 0.6) is 0 Å². The minimum absolute atomic E-state index is 1.14. The second-order valence-electron chi connectivity index (χ2n) is 3.96. The van der Waals surface area contributed by atoms with Crippen molar-refractivity contribution in [2.45, 2.75) is 46.0 Å². The first kappa shape index (κ1) is 12.0. The van der Waals surface area contributed by atoms with Crippen LogP contribution in [0.3, 0.4) is 0 Å². The zero-order chi connectivity index (χ0) is 10.9. The second kappa shape index (κ2) is 7.28. The van der Waals surface area contributed by atoms with Gasteiger partial charge in [-0.3, -0.25) is 0 Å². The molecule has 1 aromatic carbocycles. The Kier molecular flexibility index (Phi) is 5.84. The largest absolute Gasteiger partial charge is 0.0810 e. The van der Waals surface area contributed by atoms with Crippen LogP contribution in [0.2, 0.25) is 0 Å². The Hall–Kier alpha value is -1.04. The maximum absolute atomic E-state index is 2.37. The SMILES string of the molecule is CC/C=C(\CCCCC)c1ccccc1. The van der Waals surface area contributed by atoms with Crippen molar-refractivity contribution in [3.63, 3.8) is 0 Å². The van der Waals surface area contributed by atoms with Crippen molar-refractivity contribution < 1.29 is 0 Å². The Morgan fingerprint density at radius 1 is 1.07 bits per heavy atom. The molecule has 0 bridgehead atoms. The molecule has 0 heterocycles. The molecule has 0 aromatic heterocycles. The minimum Gasteiger partial charge on any atom is -0.0810 e. The van der Waals surface area contributed by atoms with E-state index in [-0.39, 0.29) is 0 Å². The molecule has 15 heavy (non-hydrogen) atoms. The highest BCUT2D eigenvalue weighted by molar-refractivity contribution is 5.65. The molecule has 0 saturated heterocycles. The highest BCUT2D eigenvalue weighted by atomic mass is 14.0. The monoisotopic (exact) mass is 202 g/mol. The lowest BCUT2D eigenvalue weighted by Gasteiger charge is -2.07. The molecule has 0 saturated carbocycles. The van der Waals surface area contributed by atoms with E-state index >= 15 is 0 Å². The van der Waals surface area contributed by atoms with Crippen molar-refractivity contribution in [3.8, 4) is 0 Å². The number of unbranched alkanes of at least 4 members (excludes halogenated alkanes) is 2. The van der Waals surface area contributed by atoms with Crippen LogP contribution in [0.1, 0.15) is 51.5 Å². The van der Waals surface area contributed by atoms with E-state index in [0.29, 0.717) is 0 Å². The Balaban J connectivity index is 2.63. The van der Waals surface area contributed by atoms with Gasteiger partial charge in [-0.1, -0.05) is 63.1 Å². The molecule has 0 aliphatic carbocycles. The van der Waals surface area contributed by atoms with Gasteiger partial charge in [-0.2, -0.15) is 0 Å². The van der Waals surface area contributed by atoms with Gasteiger partial charge in [0.2, 0.25) is 0 Å². The summed E-state index contributed by atoms with van der Waals surface area (Å²) in [6.07, 6.45) is 8.69. The van der Waals surface area contributed by atoms with Crippen LogP contribution in [0, 0.1) is 0 Å². The fourth-order valence-corrected chi connectivity index (χ4v) is 1.83. The van der Waals surface area contributed by atoms with Gasteiger partial charge >= 0.3 is 0 Å². The first-order valence-corrected chi connectivity index (χ1v) is 6.13. The topological polar surface area (TPSA) is 0 Å². The highest BCUT2D eigenvalue weighted by Gasteiger charge is 1.99. The van der Waals surface area contributed by atoms with Crippen molar-refractivity contribution in [2.75, 3.05) is 0 Å². The average Bonchev–Trinajstić information content (AvgIpc) is 2.29. The fourth-order valence-electron chi connectivity index (χ4n) is 1.83. The summed E-state index contributed by atoms with van der Waals surface area (Å²) in [5, 5.41) is 0. The van der Waals surface area contributed by atoms with Gasteiger partial charge in [-0.05, 0) is 30.4 Å². The van der Waals surface area contributed by atoms with E-state index in [1.54, 1.807) is 0 Å². The van der Waals surface area contributed by atoms with Crippen molar-refractivity contribution in [1.29, 1.82) is 0 Å². The minimum atomic E-state index is 1.14. The molecular formula is C15H22. The van der Waals surface area contributed by atoms with Crippen molar-refractivity contribution in [3.05, 3.63) is 42.0 Å². The molecule has 0 amide bonds. The van der Waals surface area contributed by atoms with Gasteiger partial charge < -0.3 is 0 Å². The molecule has 0 heteroatoms. The normalized spacial score (nSPS) is 11.7. The Labute approximate surface area is 94.0 Å². The van der Waals surface area contributed by atoms with Crippen molar-refractivity contribution in [1.82, 2.24) is 0 Å². The van der Waals surface area contributed by atoms with E-state index in [1.807, 2.05) is 0 Å². The van der Waals surface area contributed by atoms with E-state index in [4.69, 9.17) is 0 Å². The molecule has 1 rings (SSSR count). The lowest BCUT2D eigenvalue weighted by atomic mass is 9.99. The summed E-state index contributed by atoms with van der Waals surface area (Å²) in [5.74, 6) is 0. The quantitative estimate of drug-likeness (QED) is 0.565. The van der Waals surface area contributed by atoms with E-state index in [2.05, 4.69) is 50.3 Å². The van der Waals surface area contributed by atoms with Crippen molar-refractivity contribution >= 4 is 5.57 Å². The fraction of sp³-hybridized carbons (Fsp3) is 0.467. The third kappa shape index (κ3) is 4.33. The van der Waals surface area contributed by atoms with Crippen LogP contribution in [0.4, 0.5) is 0 Å². The summed E-state index contributed by atoms with van der Waals surface area (Å²) in [6, 6.07) is 10.8. The third-order valence-electron chi connectivity index (χ3n) is 2.64. The zero-order valence-electron chi connectivity index (χ0n) is 10.00. The Morgan fingerprint density at radius 3 is 2.40 bits per heavy atom. The number of rotatable bonds is 6. The molecule has 0 aliphatic heterocycles. The summed E-state index contributed by atoms with van der Waals surface area (Å²) >= 11 is 0. The molecule has 0 aliphatic rings. The Bertz CT molecular complexity index is 282. The summed E-state index contributed by atoms with van der Waals surface area (Å²) in [4.78, 5) is 0. The first-order valence-electron chi connectivity index (χ1n) is 6.13. The molecule has 1 aromatic rings. The van der Waals surface area contributed by atoms with Crippen LogP contribution in [0.15, 0.2) is 36.4 Å². The molecule has 82 valence electrons. The number of allylic oxidation sites excluding steroid dienone is 2. The standard InChI is InChI=1S/C15H22/c1-3-5-7-11-14(10-4-2)15-12-8-6-9-13-15/h6,8-10,12-13H,3-5,7,11H2,1-2H3/b14-10+. The molecule has 0 spiro atoms. The van der Waals surface area contributed by atoms with Crippen LogP contribution in [-0.4, -0.2) is 0 Å². The third-order valence-corrected chi connectivity index (χ3v) is 2.64. The van der Waals surface area contributed by atoms with Gasteiger partial charge in [0.15, 0.2) is 0 Å². The van der Waals surface area contributed by atoms with Gasteiger partial charge in [0.25, 0.3) is 0 Å². The lowest BCUT2D eigenvalue weighted by Crippen LogP contribution is -1.85. The van der Waals surface area contributed by atoms with Crippen molar-refractivity contribution in [2.24, 2.45) is 0 Å². The molecule has 0 N–H and O–H groups in total.